The van der Waals surface area contributed by atoms with Crippen LogP contribution in [0.2, 0.25) is 0 Å². The Morgan fingerprint density at radius 3 is 2.68 bits per heavy atom. The number of carbonyl (C=O) groups excluding carboxylic acids is 1. The van der Waals surface area contributed by atoms with Gasteiger partial charge in [-0.2, -0.15) is 5.26 Å². The molecule has 0 N–H and O–H groups in total. The van der Waals surface area contributed by atoms with Gasteiger partial charge in [-0.25, -0.2) is 0 Å². The first-order valence-corrected chi connectivity index (χ1v) is 11.9. The van der Waals surface area contributed by atoms with Crippen molar-refractivity contribution in [2.24, 2.45) is 11.3 Å². The molecule has 1 aromatic carbocycles. The average Bonchev–Trinajstić information content (AvgIpc) is 3.18. The minimum absolute atomic E-state index is 0.125. The largest absolute Gasteiger partial charge is 0.492 e. The fraction of sp³-hybridized carbons (Fsp3) is 0.680. The van der Waals surface area contributed by atoms with E-state index in [-0.39, 0.29) is 5.92 Å². The van der Waals surface area contributed by atoms with E-state index >= 15 is 0 Å². The fourth-order valence-electron chi connectivity index (χ4n) is 6.06. The van der Waals surface area contributed by atoms with Crippen molar-refractivity contribution in [3.05, 3.63) is 29.8 Å². The lowest BCUT2D eigenvalue weighted by Crippen LogP contribution is -2.61. The van der Waals surface area contributed by atoms with Crippen LogP contribution in [0.1, 0.15) is 50.0 Å². The standard InChI is InChI=1S/C25H33N3O3/c26-10-3-13-31-23-5-2-1-4-22(23)19-7-11-27(12-8-19)21-6-9-25(14-21)17-28(18-25)24(29)20-15-30-16-20/h1-2,4-5,19-21H,3,6-9,11-18H2/t21-/m1/s1. The van der Waals surface area contributed by atoms with Crippen molar-refractivity contribution in [1.29, 1.82) is 5.26 Å². The summed E-state index contributed by atoms with van der Waals surface area (Å²) in [4.78, 5) is 17.2. The second-order valence-electron chi connectivity index (χ2n) is 9.93. The number of nitriles is 1. The van der Waals surface area contributed by atoms with Crippen LogP contribution in [0.3, 0.4) is 0 Å². The summed E-state index contributed by atoms with van der Waals surface area (Å²) < 4.78 is 11.1. The molecular formula is C25H33N3O3. The zero-order valence-electron chi connectivity index (χ0n) is 18.3. The number of rotatable bonds is 6. The molecule has 0 aromatic heterocycles. The summed E-state index contributed by atoms with van der Waals surface area (Å²) in [6.45, 7) is 5.90. The smallest absolute Gasteiger partial charge is 0.230 e. The Bertz CT molecular complexity index is 833. The van der Waals surface area contributed by atoms with Gasteiger partial charge in [0.15, 0.2) is 0 Å². The van der Waals surface area contributed by atoms with E-state index < -0.39 is 0 Å². The molecule has 3 saturated heterocycles. The summed E-state index contributed by atoms with van der Waals surface area (Å²) in [5.74, 6) is 1.93. The summed E-state index contributed by atoms with van der Waals surface area (Å²) >= 11 is 0. The van der Waals surface area contributed by atoms with Gasteiger partial charge in [-0.1, -0.05) is 18.2 Å². The lowest BCUT2D eigenvalue weighted by atomic mass is 9.77. The van der Waals surface area contributed by atoms with Crippen molar-refractivity contribution in [2.75, 3.05) is 46.0 Å². The highest BCUT2D eigenvalue weighted by atomic mass is 16.5. The number of ether oxygens (including phenoxy) is 2. The van der Waals surface area contributed by atoms with E-state index in [1.165, 1.54) is 24.8 Å². The Morgan fingerprint density at radius 2 is 1.97 bits per heavy atom. The van der Waals surface area contributed by atoms with Gasteiger partial charge in [-0.3, -0.25) is 4.79 Å². The van der Waals surface area contributed by atoms with E-state index in [1.54, 1.807) is 0 Å². The first-order chi connectivity index (χ1) is 15.2. The summed E-state index contributed by atoms with van der Waals surface area (Å²) in [5, 5.41) is 8.77. The second-order valence-corrected chi connectivity index (χ2v) is 9.93. The fourth-order valence-corrected chi connectivity index (χ4v) is 6.06. The van der Waals surface area contributed by atoms with Gasteiger partial charge in [0.05, 0.1) is 31.6 Å². The van der Waals surface area contributed by atoms with Crippen LogP contribution in [0, 0.1) is 22.7 Å². The minimum Gasteiger partial charge on any atom is -0.492 e. The Labute approximate surface area is 185 Å². The normalized spacial score (nSPS) is 26.3. The minimum atomic E-state index is 0.125. The van der Waals surface area contributed by atoms with Gasteiger partial charge in [0.2, 0.25) is 5.91 Å². The van der Waals surface area contributed by atoms with E-state index in [0.717, 1.165) is 44.8 Å². The van der Waals surface area contributed by atoms with Crippen molar-refractivity contribution < 1.29 is 14.3 Å². The van der Waals surface area contributed by atoms with E-state index in [0.29, 0.717) is 49.5 Å². The lowest BCUT2D eigenvalue weighted by Gasteiger charge is -2.50. The molecule has 166 valence electrons. The van der Waals surface area contributed by atoms with Crippen LogP contribution < -0.4 is 4.74 Å². The molecule has 4 aliphatic rings. The van der Waals surface area contributed by atoms with Crippen LogP contribution in [0.25, 0.3) is 0 Å². The molecule has 1 saturated carbocycles. The first-order valence-electron chi connectivity index (χ1n) is 11.9. The SMILES string of the molecule is N#CCCOc1ccccc1C1CCN([C@@H]2CCC3(C2)CN(C(=O)C2COC2)C3)CC1. The van der Waals surface area contributed by atoms with Crippen molar-refractivity contribution in [3.8, 4) is 11.8 Å². The molecule has 31 heavy (non-hydrogen) atoms. The molecule has 4 fully saturated rings. The number of piperidine rings is 1. The number of amides is 1. The van der Waals surface area contributed by atoms with Crippen molar-refractivity contribution >= 4 is 5.91 Å². The summed E-state index contributed by atoms with van der Waals surface area (Å²) in [6, 6.07) is 11.2. The quantitative estimate of drug-likeness (QED) is 0.658. The Kier molecular flexibility index (Phi) is 5.90. The van der Waals surface area contributed by atoms with E-state index in [1.807, 2.05) is 12.1 Å². The number of para-hydroxylation sites is 1. The van der Waals surface area contributed by atoms with E-state index in [9.17, 15) is 4.79 Å². The number of nitrogens with zero attached hydrogens (tertiary/aromatic N) is 3. The van der Waals surface area contributed by atoms with Crippen LogP contribution in [-0.4, -0.2) is 67.7 Å². The predicted molar refractivity (Wildman–Crippen MR) is 117 cm³/mol. The average molecular weight is 424 g/mol. The Hall–Kier alpha value is -2.10. The molecule has 1 spiro atoms. The topological polar surface area (TPSA) is 65.8 Å². The molecule has 1 aromatic rings. The highest BCUT2D eigenvalue weighted by molar-refractivity contribution is 5.80. The third-order valence-corrected chi connectivity index (χ3v) is 7.90. The summed E-state index contributed by atoms with van der Waals surface area (Å²) in [6.07, 6.45) is 6.53. The van der Waals surface area contributed by atoms with Crippen LogP contribution >= 0.6 is 0 Å². The molecule has 0 radical (unpaired) electrons. The molecule has 5 rings (SSSR count). The highest BCUT2D eigenvalue weighted by Crippen LogP contribution is 2.48. The van der Waals surface area contributed by atoms with Gasteiger partial charge in [-0.05, 0) is 62.7 Å². The molecule has 1 aliphatic carbocycles. The number of carbonyl (C=O) groups is 1. The Balaban J connectivity index is 1.11. The van der Waals surface area contributed by atoms with Crippen LogP contribution in [0.4, 0.5) is 0 Å². The molecule has 6 nitrogen and oxygen atoms in total. The molecule has 1 amide bonds. The van der Waals surface area contributed by atoms with Crippen LogP contribution in [-0.2, 0) is 9.53 Å². The molecule has 0 unspecified atom stereocenters. The third kappa shape index (κ3) is 4.18. The number of hydrogen-bond acceptors (Lipinski definition) is 5. The molecule has 6 heteroatoms. The first kappa shape index (κ1) is 20.8. The van der Waals surface area contributed by atoms with Crippen molar-refractivity contribution in [3.63, 3.8) is 0 Å². The van der Waals surface area contributed by atoms with Crippen molar-refractivity contribution in [1.82, 2.24) is 9.80 Å². The van der Waals surface area contributed by atoms with Gasteiger partial charge in [-0.15, -0.1) is 0 Å². The molecule has 3 heterocycles. The molecule has 0 bridgehead atoms. The molecule has 1 atom stereocenters. The number of hydrogen-bond donors (Lipinski definition) is 0. The second kappa shape index (κ2) is 8.80. The number of likely N-dealkylation sites (tertiary alicyclic amines) is 2. The van der Waals surface area contributed by atoms with Gasteiger partial charge in [0, 0.05) is 24.5 Å². The lowest BCUT2D eigenvalue weighted by molar-refractivity contribution is -0.161. The predicted octanol–water partition coefficient (Wildman–Crippen LogP) is 3.19. The zero-order valence-corrected chi connectivity index (χ0v) is 18.3. The third-order valence-electron chi connectivity index (χ3n) is 7.90. The van der Waals surface area contributed by atoms with Gasteiger partial charge in [0.1, 0.15) is 12.4 Å². The maximum absolute atomic E-state index is 12.4. The van der Waals surface area contributed by atoms with Crippen LogP contribution in [0.15, 0.2) is 24.3 Å². The maximum atomic E-state index is 12.4. The highest BCUT2D eigenvalue weighted by Gasteiger charge is 2.52. The van der Waals surface area contributed by atoms with Crippen molar-refractivity contribution in [2.45, 2.75) is 50.5 Å². The number of benzene rings is 1. The summed E-state index contributed by atoms with van der Waals surface area (Å²) in [7, 11) is 0. The van der Waals surface area contributed by atoms with Gasteiger partial charge >= 0.3 is 0 Å². The monoisotopic (exact) mass is 423 g/mol. The molecule has 3 aliphatic heterocycles. The summed E-state index contributed by atoms with van der Waals surface area (Å²) in [5.41, 5.74) is 1.68. The van der Waals surface area contributed by atoms with Gasteiger partial charge in [0.25, 0.3) is 0 Å². The zero-order chi connectivity index (χ0) is 21.3. The molecular weight excluding hydrogens is 390 g/mol. The van der Waals surface area contributed by atoms with Crippen LogP contribution in [0.5, 0.6) is 5.75 Å². The maximum Gasteiger partial charge on any atom is 0.230 e. The Morgan fingerprint density at radius 1 is 1.19 bits per heavy atom. The van der Waals surface area contributed by atoms with Gasteiger partial charge < -0.3 is 19.3 Å². The van der Waals surface area contributed by atoms with E-state index in [2.05, 4.69) is 28.0 Å². The van der Waals surface area contributed by atoms with E-state index in [4.69, 9.17) is 14.7 Å².